The summed E-state index contributed by atoms with van der Waals surface area (Å²) in [7, 11) is 1.46. The third kappa shape index (κ3) is 10.5. The summed E-state index contributed by atoms with van der Waals surface area (Å²) < 4.78 is 16.9. The fourth-order valence-electron chi connectivity index (χ4n) is 4.85. The molecule has 1 atom stereocenters. The third-order valence-corrected chi connectivity index (χ3v) is 7.62. The average Bonchev–Trinajstić information content (AvgIpc) is 3.10. The lowest BCUT2D eigenvalue weighted by atomic mass is 10.0. The molecule has 2 N–H and O–H groups in total. The number of nitrogens with zero attached hydrogens (tertiary/aromatic N) is 1. The van der Waals surface area contributed by atoms with Gasteiger partial charge in [-0.2, -0.15) is 0 Å². The molecule has 0 saturated carbocycles. The summed E-state index contributed by atoms with van der Waals surface area (Å²) in [4.78, 5) is 54.7. The number of unbranched alkanes of at least 4 members (excludes halogenated alkanes) is 4. The van der Waals surface area contributed by atoms with Crippen molar-refractivity contribution in [2.24, 2.45) is 0 Å². The highest BCUT2D eigenvalue weighted by Crippen LogP contribution is 2.30. The molecule has 250 valence electrons. The Kier molecular flexibility index (Phi) is 13.2. The summed E-state index contributed by atoms with van der Waals surface area (Å²) in [5, 5.41) is 5.55. The first-order valence-electron chi connectivity index (χ1n) is 16.0. The highest BCUT2D eigenvalue weighted by Gasteiger charge is 2.21. The minimum Gasteiger partial charge on any atom is -0.494 e. The highest BCUT2D eigenvalue weighted by molar-refractivity contribution is 6.04. The van der Waals surface area contributed by atoms with Gasteiger partial charge in [-0.15, -0.1) is 0 Å². The van der Waals surface area contributed by atoms with Gasteiger partial charge in [0.05, 0.1) is 25.3 Å². The number of ether oxygens (including phenoxy) is 3. The van der Waals surface area contributed by atoms with Gasteiger partial charge in [0, 0.05) is 29.2 Å². The van der Waals surface area contributed by atoms with Crippen LogP contribution in [0.4, 0.5) is 5.69 Å². The highest BCUT2D eigenvalue weighted by atomic mass is 16.6. The first-order chi connectivity index (χ1) is 23.3. The largest absolute Gasteiger partial charge is 0.494 e. The number of esters is 1. The third-order valence-electron chi connectivity index (χ3n) is 7.62. The molecule has 1 heterocycles. The first kappa shape index (κ1) is 35.3. The van der Waals surface area contributed by atoms with Crippen molar-refractivity contribution in [2.45, 2.75) is 58.4 Å². The maximum absolute atomic E-state index is 13.0. The fourth-order valence-corrected chi connectivity index (χ4v) is 4.85. The van der Waals surface area contributed by atoms with Crippen LogP contribution in [0.15, 0.2) is 91.3 Å². The first-order valence-corrected chi connectivity index (χ1v) is 16.0. The number of nitrogens with one attached hydrogen (secondary N) is 2. The van der Waals surface area contributed by atoms with E-state index in [9.17, 15) is 19.2 Å². The van der Waals surface area contributed by atoms with Crippen molar-refractivity contribution in [1.29, 1.82) is 0 Å². The predicted molar refractivity (Wildman–Crippen MR) is 183 cm³/mol. The Labute approximate surface area is 280 Å². The molecule has 4 aromatic rings. The second kappa shape index (κ2) is 18.0. The number of aromatic nitrogens is 1. The molecule has 0 saturated heterocycles. The molecule has 0 aliphatic heterocycles. The summed E-state index contributed by atoms with van der Waals surface area (Å²) in [5.74, 6) is -0.306. The number of amides is 2. The van der Waals surface area contributed by atoms with Crippen molar-refractivity contribution in [3.8, 4) is 17.2 Å². The van der Waals surface area contributed by atoms with Gasteiger partial charge in [0.25, 0.3) is 11.8 Å². The van der Waals surface area contributed by atoms with Crippen LogP contribution < -0.4 is 24.8 Å². The molecule has 1 unspecified atom stereocenters. The molecule has 0 fully saturated rings. The number of ketones is 1. The molecule has 1 aromatic heterocycles. The summed E-state index contributed by atoms with van der Waals surface area (Å²) in [5.41, 5.74) is 2.35. The van der Waals surface area contributed by atoms with Gasteiger partial charge in [0.15, 0.2) is 17.3 Å². The van der Waals surface area contributed by atoms with E-state index in [4.69, 9.17) is 14.2 Å². The number of hydrogen-bond donors (Lipinski definition) is 2. The number of pyridine rings is 1. The Morgan fingerprint density at radius 1 is 0.750 bits per heavy atom. The molecular weight excluding hydrogens is 610 g/mol. The lowest BCUT2D eigenvalue weighted by molar-refractivity contribution is -0.118. The monoisotopic (exact) mass is 651 g/mol. The number of hydrogen-bond acceptors (Lipinski definition) is 8. The maximum Gasteiger partial charge on any atom is 0.343 e. The van der Waals surface area contributed by atoms with Crippen LogP contribution in [0.3, 0.4) is 0 Å². The van der Waals surface area contributed by atoms with Gasteiger partial charge in [0.2, 0.25) is 0 Å². The van der Waals surface area contributed by atoms with Crippen molar-refractivity contribution < 1.29 is 33.4 Å². The van der Waals surface area contributed by atoms with Crippen LogP contribution in [0.5, 0.6) is 17.2 Å². The van der Waals surface area contributed by atoms with E-state index in [-0.39, 0.29) is 23.9 Å². The van der Waals surface area contributed by atoms with Crippen LogP contribution in [-0.2, 0) is 11.2 Å². The maximum atomic E-state index is 13.0. The standard InChI is InChI=1S/C38H41N3O7/c1-4-5-6-7-8-23-47-32-16-12-30(13-17-32)38(45)48-34-18-9-27(25-35(34)46-3)24-33(26(2)42)41-37(44)28-10-14-31(15-11-28)40-36(43)29-19-21-39-22-20-29/h9-22,25,33H,4-8,23-24H2,1-3H3,(H,40,43)(H,41,44). The van der Waals surface area contributed by atoms with Crippen molar-refractivity contribution in [3.05, 3.63) is 114 Å². The summed E-state index contributed by atoms with van der Waals surface area (Å²) in [6.45, 7) is 4.22. The summed E-state index contributed by atoms with van der Waals surface area (Å²) in [6, 6.07) is 20.5. The number of carbonyl (C=O) groups is 4. The van der Waals surface area contributed by atoms with E-state index >= 15 is 0 Å². The van der Waals surface area contributed by atoms with E-state index in [1.807, 2.05) is 0 Å². The van der Waals surface area contributed by atoms with Crippen molar-refractivity contribution >= 4 is 29.3 Å². The summed E-state index contributed by atoms with van der Waals surface area (Å²) >= 11 is 0. The number of methoxy groups -OCH3 is 1. The van der Waals surface area contributed by atoms with Crippen LogP contribution in [-0.4, -0.2) is 48.3 Å². The molecule has 3 aromatic carbocycles. The number of Topliss-reactive ketones (excluding diaryl/α,β-unsaturated/α-hetero) is 1. The molecule has 10 heteroatoms. The molecule has 0 aliphatic carbocycles. The number of carbonyl (C=O) groups excluding carboxylic acids is 4. The zero-order chi connectivity index (χ0) is 34.3. The van der Waals surface area contributed by atoms with Gasteiger partial charge >= 0.3 is 5.97 Å². The SMILES string of the molecule is CCCCCCCOc1ccc(C(=O)Oc2ccc(CC(NC(=O)c3ccc(NC(=O)c4ccncc4)cc3)C(C)=O)cc2OC)cc1. The number of rotatable bonds is 17. The lowest BCUT2D eigenvalue weighted by Crippen LogP contribution is -2.41. The molecule has 2 amide bonds. The average molecular weight is 652 g/mol. The Morgan fingerprint density at radius 3 is 2.08 bits per heavy atom. The molecule has 0 bridgehead atoms. The number of benzene rings is 3. The molecule has 0 radical (unpaired) electrons. The Hall–Kier alpha value is -5.51. The van der Waals surface area contributed by atoms with Crippen molar-refractivity contribution in [3.63, 3.8) is 0 Å². The second-order valence-electron chi connectivity index (χ2n) is 11.3. The van der Waals surface area contributed by atoms with Crippen LogP contribution in [0, 0.1) is 0 Å². The molecule has 10 nitrogen and oxygen atoms in total. The van der Waals surface area contributed by atoms with Crippen molar-refractivity contribution in [2.75, 3.05) is 19.0 Å². The van der Waals surface area contributed by atoms with Crippen molar-refractivity contribution in [1.82, 2.24) is 10.3 Å². The van der Waals surface area contributed by atoms with Gasteiger partial charge in [0.1, 0.15) is 5.75 Å². The zero-order valence-corrected chi connectivity index (χ0v) is 27.5. The lowest BCUT2D eigenvalue weighted by Gasteiger charge is -2.17. The Morgan fingerprint density at radius 2 is 1.42 bits per heavy atom. The smallest absolute Gasteiger partial charge is 0.343 e. The minimum atomic E-state index is -0.821. The topological polar surface area (TPSA) is 133 Å². The molecule has 0 spiro atoms. The molecule has 48 heavy (non-hydrogen) atoms. The van der Waals surface area contributed by atoms with Gasteiger partial charge in [-0.3, -0.25) is 19.4 Å². The predicted octanol–water partition coefficient (Wildman–Crippen LogP) is 6.84. The summed E-state index contributed by atoms with van der Waals surface area (Å²) in [6.07, 6.45) is 9.01. The van der Waals surface area contributed by atoms with E-state index in [1.165, 1.54) is 45.7 Å². The van der Waals surface area contributed by atoms with Gasteiger partial charge in [-0.05, 0) is 98.1 Å². The Balaban J connectivity index is 1.32. The molecule has 4 rings (SSSR count). The van der Waals surface area contributed by atoms with E-state index in [1.54, 1.807) is 78.9 Å². The van der Waals surface area contributed by atoms with Crippen LogP contribution >= 0.6 is 0 Å². The Bertz CT molecular complexity index is 1670. The van der Waals surface area contributed by atoms with Crippen LogP contribution in [0.25, 0.3) is 0 Å². The normalized spacial score (nSPS) is 11.2. The van der Waals surface area contributed by atoms with Gasteiger partial charge < -0.3 is 24.8 Å². The molecule has 0 aliphatic rings. The quantitative estimate of drug-likeness (QED) is 0.0721. The van der Waals surface area contributed by atoms with E-state index < -0.39 is 17.9 Å². The van der Waals surface area contributed by atoms with E-state index in [2.05, 4.69) is 22.5 Å². The van der Waals surface area contributed by atoms with Crippen LogP contribution in [0.1, 0.15) is 82.6 Å². The van der Waals surface area contributed by atoms with Gasteiger partial charge in [-0.1, -0.05) is 38.7 Å². The zero-order valence-electron chi connectivity index (χ0n) is 27.5. The molecular formula is C38H41N3O7. The number of anilines is 1. The van der Waals surface area contributed by atoms with E-state index in [0.29, 0.717) is 46.0 Å². The minimum absolute atomic E-state index is 0.186. The van der Waals surface area contributed by atoms with Gasteiger partial charge in [-0.25, -0.2) is 4.79 Å². The second-order valence-corrected chi connectivity index (χ2v) is 11.3. The van der Waals surface area contributed by atoms with E-state index in [0.717, 1.165) is 12.8 Å². The van der Waals surface area contributed by atoms with Crippen LogP contribution in [0.2, 0.25) is 0 Å². The fraction of sp³-hybridized carbons (Fsp3) is 0.289.